The number of aliphatic hydroxyl groups is 1. The van der Waals surface area contributed by atoms with Gasteiger partial charge in [0, 0.05) is 18.1 Å². The van der Waals surface area contributed by atoms with Gasteiger partial charge in [0.25, 0.3) is 5.91 Å². The summed E-state index contributed by atoms with van der Waals surface area (Å²) < 4.78 is 0. The van der Waals surface area contributed by atoms with E-state index in [-0.39, 0.29) is 23.7 Å². The number of likely N-dealkylation sites (tertiary alicyclic amines) is 1. The van der Waals surface area contributed by atoms with E-state index in [4.69, 9.17) is 5.73 Å². The first kappa shape index (κ1) is 26.4. The highest BCUT2D eigenvalue weighted by Crippen LogP contribution is 2.21. The molecule has 0 radical (unpaired) electrons. The van der Waals surface area contributed by atoms with Crippen molar-refractivity contribution in [3.8, 4) is 0 Å². The first-order valence-corrected chi connectivity index (χ1v) is 11.1. The molecule has 0 aromatic carbocycles. The molecule has 1 rings (SSSR count). The molecule has 0 aromatic rings. The van der Waals surface area contributed by atoms with Gasteiger partial charge in [-0.15, -0.1) is 0 Å². The number of rotatable bonds is 9. The lowest BCUT2D eigenvalue weighted by atomic mass is 9.99. The molecule has 0 bridgehead atoms. The third-order valence-corrected chi connectivity index (χ3v) is 5.08. The van der Waals surface area contributed by atoms with E-state index >= 15 is 0 Å². The number of hydrogen-bond donors (Lipinski definition) is 4. The van der Waals surface area contributed by atoms with Crippen molar-refractivity contribution in [2.75, 3.05) is 6.54 Å². The van der Waals surface area contributed by atoms with Crippen LogP contribution in [0, 0.1) is 11.8 Å². The van der Waals surface area contributed by atoms with Crippen molar-refractivity contribution >= 4 is 17.7 Å². The molecule has 174 valence electrons. The molecule has 8 nitrogen and oxygen atoms in total. The largest absolute Gasteiger partial charge is 0.382 e. The number of carbonyl (C=O) groups excluding carboxylic acids is 3. The molecule has 0 aliphatic carbocycles. The summed E-state index contributed by atoms with van der Waals surface area (Å²) in [5, 5.41) is 16.2. The van der Waals surface area contributed by atoms with E-state index in [1.165, 1.54) is 4.90 Å². The lowest BCUT2D eigenvalue weighted by molar-refractivity contribution is -0.146. The minimum absolute atomic E-state index is 0.207. The SMILES string of the molecule is CC(C)C[C@H](NC(=O)[C@@H]1CCCN1C(=O)[C@@H](O)[C@H](N)CC(C)C)C(=O)NC(C)(C)C. The van der Waals surface area contributed by atoms with E-state index in [1.54, 1.807) is 0 Å². The summed E-state index contributed by atoms with van der Waals surface area (Å²) in [6, 6.07) is -2.05. The number of nitrogens with two attached hydrogens (primary N) is 1. The summed E-state index contributed by atoms with van der Waals surface area (Å²) >= 11 is 0. The fourth-order valence-corrected chi connectivity index (χ4v) is 3.76. The van der Waals surface area contributed by atoms with E-state index in [1.807, 2.05) is 48.5 Å². The first-order chi connectivity index (χ1) is 13.7. The van der Waals surface area contributed by atoms with Crippen LogP contribution in [-0.2, 0) is 14.4 Å². The lowest BCUT2D eigenvalue weighted by Crippen LogP contribution is -2.57. The van der Waals surface area contributed by atoms with E-state index in [9.17, 15) is 19.5 Å². The van der Waals surface area contributed by atoms with Gasteiger partial charge in [0.1, 0.15) is 18.2 Å². The topological polar surface area (TPSA) is 125 Å². The van der Waals surface area contributed by atoms with Crippen LogP contribution in [-0.4, -0.2) is 64.0 Å². The molecule has 0 unspecified atom stereocenters. The lowest BCUT2D eigenvalue weighted by Gasteiger charge is -2.31. The minimum atomic E-state index is -1.34. The molecule has 0 aromatic heterocycles. The van der Waals surface area contributed by atoms with Crippen LogP contribution in [0.2, 0.25) is 0 Å². The van der Waals surface area contributed by atoms with Crippen molar-refractivity contribution in [3.63, 3.8) is 0 Å². The van der Waals surface area contributed by atoms with Gasteiger partial charge < -0.3 is 26.4 Å². The monoisotopic (exact) mass is 426 g/mol. The fraction of sp³-hybridized carbons (Fsp3) is 0.864. The fourth-order valence-electron chi connectivity index (χ4n) is 3.76. The summed E-state index contributed by atoms with van der Waals surface area (Å²) in [5.41, 5.74) is 5.58. The molecule has 0 spiro atoms. The predicted molar refractivity (Wildman–Crippen MR) is 117 cm³/mol. The van der Waals surface area contributed by atoms with Crippen LogP contribution in [0.4, 0.5) is 0 Å². The average molecular weight is 427 g/mol. The third-order valence-electron chi connectivity index (χ3n) is 5.08. The van der Waals surface area contributed by atoms with E-state index in [2.05, 4.69) is 10.6 Å². The van der Waals surface area contributed by atoms with Crippen LogP contribution in [0.3, 0.4) is 0 Å². The number of nitrogens with one attached hydrogen (secondary N) is 2. The Kier molecular flexibility index (Phi) is 9.75. The highest BCUT2D eigenvalue weighted by molar-refractivity contribution is 5.93. The van der Waals surface area contributed by atoms with Crippen LogP contribution in [0.1, 0.15) is 74.1 Å². The van der Waals surface area contributed by atoms with Gasteiger partial charge in [0.05, 0.1) is 0 Å². The first-order valence-electron chi connectivity index (χ1n) is 11.1. The predicted octanol–water partition coefficient (Wildman–Crippen LogP) is 1.16. The van der Waals surface area contributed by atoms with Crippen molar-refractivity contribution in [1.82, 2.24) is 15.5 Å². The van der Waals surface area contributed by atoms with Gasteiger partial charge >= 0.3 is 0 Å². The van der Waals surface area contributed by atoms with Gasteiger partial charge in [0.15, 0.2) is 0 Å². The Bertz CT molecular complexity index is 600. The standard InChI is InChI=1S/C22H42N4O4/c1-13(2)11-15(23)18(27)21(30)26-10-8-9-17(26)20(29)24-16(12-14(3)4)19(28)25-22(5,6)7/h13-18,27H,8-12,23H2,1-7H3,(H,24,29)(H,25,28)/t15-,16+,17+,18+/m1/s1. The second kappa shape index (κ2) is 11.1. The molecule has 1 aliphatic rings. The zero-order chi connectivity index (χ0) is 23.2. The van der Waals surface area contributed by atoms with Crippen LogP contribution < -0.4 is 16.4 Å². The minimum Gasteiger partial charge on any atom is -0.382 e. The van der Waals surface area contributed by atoms with Crippen LogP contribution in [0.5, 0.6) is 0 Å². The Morgan fingerprint density at radius 3 is 2.17 bits per heavy atom. The number of carbonyl (C=O) groups is 3. The molecule has 3 amide bonds. The zero-order valence-electron chi connectivity index (χ0n) is 19.7. The molecule has 0 saturated carbocycles. The van der Waals surface area contributed by atoms with Gasteiger partial charge in [-0.25, -0.2) is 0 Å². The molecule has 1 saturated heterocycles. The maximum Gasteiger partial charge on any atom is 0.253 e. The normalized spacial score (nSPS) is 20.2. The molecular weight excluding hydrogens is 384 g/mol. The molecule has 1 aliphatic heterocycles. The van der Waals surface area contributed by atoms with Crippen molar-refractivity contribution in [1.29, 1.82) is 0 Å². The number of amides is 3. The molecule has 1 heterocycles. The number of aliphatic hydroxyl groups excluding tert-OH is 1. The Balaban J connectivity index is 2.87. The summed E-state index contributed by atoms with van der Waals surface area (Å²) in [4.78, 5) is 39.9. The third kappa shape index (κ3) is 8.22. The quantitative estimate of drug-likeness (QED) is 0.440. The number of hydrogen-bond acceptors (Lipinski definition) is 5. The van der Waals surface area contributed by atoms with E-state index in [0.29, 0.717) is 32.2 Å². The summed E-state index contributed by atoms with van der Waals surface area (Å²) in [6.07, 6.45) is 0.839. The zero-order valence-corrected chi connectivity index (χ0v) is 19.7. The summed E-state index contributed by atoms with van der Waals surface area (Å²) in [5.74, 6) is -0.656. The van der Waals surface area contributed by atoms with Crippen molar-refractivity contribution in [3.05, 3.63) is 0 Å². The van der Waals surface area contributed by atoms with Gasteiger partial charge in [-0.1, -0.05) is 27.7 Å². The highest BCUT2D eigenvalue weighted by atomic mass is 16.3. The van der Waals surface area contributed by atoms with Gasteiger partial charge in [-0.05, 0) is 58.3 Å². The Labute approximate surface area is 181 Å². The van der Waals surface area contributed by atoms with Crippen LogP contribution >= 0.6 is 0 Å². The molecule has 30 heavy (non-hydrogen) atoms. The van der Waals surface area contributed by atoms with Gasteiger partial charge in [0.2, 0.25) is 11.8 Å². The number of nitrogens with zero attached hydrogens (tertiary/aromatic N) is 1. The van der Waals surface area contributed by atoms with Gasteiger partial charge in [-0.3, -0.25) is 14.4 Å². The molecule has 5 N–H and O–H groups in total. The smallest absolute Gasteiger partial charge is 0.253 e. The highest BCUT2D eigenvalue weighted by Gasteiger charge is 2.39. The Morgan fingerprint density at radius 2 is 1.67 bits per heavy atom. The van der Waals surface area contributed by atoms with Gasteiger partial charge in [-0.2, -0.15) is 0 Å². The Morgan fingerprint density at radius 1 is 1.10 bits per heavy atom. The average Bonchev–Trinajstić information content (AvgIpc) is 3.07. The molecular formula is C22H42N4O4. The van der Waals surface area contributed by atoms with E-state index in [0.717, 1.165) is 0 Å². The Hall–Kier alpha value is -1.67. The molecule has 8 heteroatoms. The van der Waals surface area contributed by atoms with Crippen molar-refractivity contribution in [2.45, 2.75) is 104 Å². The summed E-state index contributed by atoms with van der Waals surface area (Å²) in [6.45, 7) is 14.0. The van der Waals surface area contributed by atoms with Crippen molar-refractivity contribution in [2.24, 2.45) is 17.6 Å². The van der Waals surface area contributed by atoms with Crippen LogP contribution in [0.25, 0.3) is 0 Å². The van der Waals surface area contributed by atoms with Crippen molar-refractivity contribution < 1.29 is 19.5 Å². The maximum atomic E-state index is 13.0. The van der Waals surface area contributed by atoms with E-state index < -0.39 is 35.7 Å². The van der Waals surface area contributed by atoms with Crippen LogP contribution in [0.15, 0.2) is 0 Å². The second-order valence-corrected chi connectivity index (χ2v) is 10.4. The molecule has 4 atom stereocenters. The summed E-state index contributed by atoms with van der Waals surface area (Å²) in [7, 11) is 0. The maximum absolute atomic E-state index is 13.0. The second-order valence-electron chi connectivity index (χ2n) is 10.4. The molecule has 1 fully saturated rings.